The van der Waals surface area contributed by atoms with Gasteiger partial charge in [0.2, 0.25) is 0 Å². The molecule has 1 aliphatic rings. The van der Waals surface area contributed by atoms with Gasteiger partial charge in [0.05, 0.1) is 0 Å². The van der Waals surface area contributed by atoms with E-state index in [1.807, 2.05) is 0 Å². The zero-order valence-electron chi connectivity index (χ0n) is 9.10. The van der Waals surface area contributed by atoms with Crippen molar-refractivity contribution in [1.82, 2.24) is 0 Å². The Morgan fingerprint density at radius 1 is 1.23 bits per heavy atom. The molecule has 0 saturated heterocycles. The summed E-state index contributed by atoms with van der Waals surface area (Å²) in [6, 6.07) is 0. The van der Waals surface area contributed by atoms with Gasteiger partial charge in [-0.15, -0.1) is 0 Å². The third kappa shape index (κ3) is 3.29. The second kappa shape index (κ2) is 4.36. The van der Waals surface area contributed by atoms with Gasteiger partial charge in [-0.25, -0.2) is 0 Å². The van der Waals surface area contributed by atoms with Crippen molar-refractivity contribution in [3.63, 3.8) is 0 Å². The topological polar surface area (TPSA) is 0 Å². The van der Waals surface area contributed by atoms with E-state index in [9.17, 15) is 0 Å². The van der Waals surface area contributed by atoms with Gasteiger partial charge in [0.1, 0.15) is 0 Å². The molecule has 1 rings (SSSR count). The molecule has 0 N–H and O–H groups in total. The molecule has 0 unspecified atom stereocenters. The summed E-state index contributed by atoms with van der Waals surface area (Å²) in [7, 11) is 0. The quantitative estimate of drug-likeness (QED) is 0.604. The van der Waals surface area contributed by atoms with E-state index in [0.29, 0.717) is 5.41 Å². The molecule has 1 heterocycles. The van der Waals surface area contributed by atoms with Crippen molar-refractivity contribution in [3.8, 4) is 0 Å². The van der Waals surface area contributed by atoms with Crippen LogP contribution in [0.15, 0.2) is 20.6 Å². The number of hydrogen-bond donors (Lipinski definition) is 0. The second-order valence-electron chi connectivity index (χ2n) is 4.61. The Morgan fingerprint density at radius 2 is 1.85 bits per heavy atom. The van der Waals surface area contributed by atoms with E-state index >= 15 is 0 Å². The first-order valence-corrected chi connectivity index (χ1v) is 10.7. The molecule has 0 nitrogen and oxygen atoms in total. The molecule has 2 heteroatoms. The molecule has 13 heavy (non-hydrogen) atoms. The van der Waals surface area contributed by atoms with E-state index in [1.165, 1.54) is 6.42 Å². The molecule has 0 saturated carbocycles. The zero-order valence-corrected chi connectivity index (χ0v) is 12.5. The van der Waals surface area contributed by atoms with Gasteiger partial charge in [-0.3, -0.25) is 0 Å². The normalized spacial score (nSPS) is 18.5. The number of rotatable bonds is 0. The van der Waals surface area contributed by atoms with Crippen LogP contribution in [-0.4, -0.2) is 26.3 Å². The van der Waals surface area contributed by atoms with Crippen LogP contribution < -0.4 is 0 Å². The van der Waals surface area contributed by atoms with E-state index in [4.69, 9.17) is 0 Å². The Hall–Kier alpha value is 0.519. The summed E-state index contributed by atoms with van der Waals surface area (Å²) in [6.45, 7) is 11.5. The summed E-state index contributed by atoms with van der Waals surface area (Å²) in [5.41, 5.74) is 1.99. The van der Waals surface area contributed by atoms with Gasteiger partial charge in [0.15, 0.2) is 0 Å². The summed E-state index contributed by atoms with van der Waals surface area (Å²) < 4.78 is 3.46. The maximum atomic E-state index is 2.48. The van der Waals surface area contributed by atoms with Crippen LogP contribution in [0.5, 0.6) is 0 Å². The third-order valence-corrected chi connectivity index (χ3v) is 10.9. The molecule has 0 atom stereocenters. The van der Waals surface area contributed by atoms with Crippen LogP contribution in [0.4, 0.5) is 0 Å². The molecule has 0 aromatic carbocycles. The molecule has 1 aliphatic heterocycles. The average molecular weight is 308 g/mol. The fraction of sp³-hybridized carbons (Fsp3) is 0.636. The first-order valence-electron chi connectivity index (χ1n) is 4.63. The van der Waals surface area contributed by atoms with Crippen molar-refractivity contribution in [2.75, 3.05) is 0 Å². The van der Waals surface area contributed by atoms with Gasteiger partial charge in [0.25, 0.3) is 0 Å². The Bertz CT molecular complexity index is 250. The van der Waals surface area contributed by atoms with Crippen molar-refractivity contribution >= 4 is 26.3 Å². The van der Waals surface area contributed by atoms with Crippen LogP contribution in [0.1, 0.15) is 41.0 Å². The molecular formula is C11H18Se2. The van der Waals surface area contributed by atoms with Crippen molar-refractivity contribution < 1.29 is 0 Å². The Kier molecular flexibility index (Phi) is 3.89. The van der Waals surface area contributed by atoms with Crippen molar-refractivity contribution in [2.45, 2.75) is 41.0 Å². The van der Waals surface area contributed by atoms with E-state index in [0.717, 1.165) is 26.3 Å². The van der Waals surface area contributed by atoms with Gasteiger partial charge in [0, 0.05) is 0 Å². The standard InChI is InChI=1S/C11H18Se2/c1-8(2)9-6-7-10(13-12-9)11(3,4)5/h7H,6H2,1-5H3. The van der Waals surface area contributed by atoms with Gasteiger partial charge >= 0.3 is 93.3 Å². The SMILES string of the molecule is CC(C)=C1CC=C(C(C)(C)C)[Se][Se]1. The molecule has 0 fully saturated rings. The van der Waals surface area contributed by atoms with Crippen LogP contribution in [0.3, 0.4) is 0 Å². The molecule has 74 valence electrons. The predicted octanol–water partition coefficient (Wildman–Crippen LogP) is 2.94. The summed E-state index contributed by atoms with van der Waals surface area (Å²) in [5.74, 6) is 0. The predicted molar refractivity (Wildman–Crippen MR) is 62.0 cm³/mol. The van der Waals surface area contributed by atoms with E-state index < -0.39 is 0 Å². The van der Waals surface area contributed by atoms with Crippen LogP contribution in [-0.2, 0) is 0 Å². The zero-order chi connectivity index (χ0) is 10.1. The summed E-state index contributed by atoms with van der Waals surface area (Å²) in [5, 5.41) is 0. The van der Waals surface area contributed by atoms with Crippen LogP contribution >= 0.6 is 0 Å². The minimum atomic E-state index is 0.426. The molecule has 0 radical (unpaired) electrons. The van der Waals surface area contributed by atoms with E-state index in [2.05, 4.69) is 40.7 Å². The average Bonchev–Trinajstić information content (AvgIpc) is 2.03. The van der Waals surface area contributed by atoms with E-state index in [1.54, 1.807) is 14.5 Å². The second-order valence-corrected chi connectivity index (χ2v) is 10.9. The molecule has 0 aromatic rings. The van der Waals surface area contributed by atoms with Crippen LogP contribution in [0.25, 0.3) is 0 Å². The first-order chi connectivity index (χ1) is 5.91. The van der Waals surface area contributed by atoms with Gasteiger partial charge in [-0.05, 0) is 0 Å². The molecule has 0 amide bonds. The fourth-order valence-corrected chi connectivity index (χ4v) is 11.1. The van der Waals surface area contributed by atoms with Crippen molar-refractivity contribution in [3.05, 3.63) is 20.6 Å². The molecule has 0 aliphatic carbocycles. The van der Waals surface area contributed by atoms with E-state index in [-0.39, 0.29) is 0 Å². The van der Waals surface area contributed by atoms with Crippen molar-refractivity contribution in [1.29, 1.82) is 0 Å². The van der Waals surface area contributed by atoms with Gasteiger partial charge in [-0.1, -0.05) is 0 Å². The summed E-state index contributed by atoms with van der Waals surface area (Å²) in [6.07, 6.45) is 3.71. The minimum absolute atomic E-state index is 0.426. The monoisotopic (exact) mass is 310 g/mol. The van der Waals surface area contributed by atoms with Crippen LogP contribution in [0.2, 0.25) is 0 Å². The Balaban J connectivity index is 2.75. The Labute approximate surface area is 93.1 Å². The Morgan fingerprint density at radius 3 is 2.15 bits per heavy atom. The number of allylic oxidation sites excluding steroid dienone is 4. The number of hydrogen-bond acceptors (Lipinski definition) is 0. The summed E-state index contributed by atoms with van der Waals surface area (Å²) >= 11 is 1.57. The summed E-state index contributed by atoms with van der Waals surface area (Å²) in [4.78, 5) is 0. The van der Waals surface area contributed by atoms with Crippen LogP contribution in [0, 0.1) is 5.41 Å². The van der Waals surface area contributed by atoms with Gasteiger partial charge in [-0.2, -0.15) is 0 Å². The molecule has 0 spiro atoms. The molecule has 0 aromatic heterocycles. The first kappa shape index (κ1) is 11.6. The third-order valence-electron chi connectivity index (χ3n) is 2.00. The molecule has 0 bridgehead atoms. The fourth-order valence-electron chi connectivity index (χ4n) is 1.07. The maximum absolute atomic E-state index is 2.48. The molecular weight excluding hydrogens is 290 g/mol. The van der Waals surface area contributed by atoms with Gasteiger partial charge < -0.3 is 0 Å². The van der Waals surface area contributed by atoms with Crippen molar-refractivity contribution in [2.24, 2.45) is 5.41 Å².